The number of halogens is 1. The van der Waals surface area contributed by atoms with Crippen molar-refractivity contribution in [3.63, 3.8) is 0 Å². The van der Waals surface area contributed by atoms with Gasteiger partial charge in [0.05, 0.1) is 16.8 Å². The van der Waals surface area contributed by atoms with Gasteiger partial charge in [0, 0.05) is 36.1 Å². The third-order valence-electron chi connectivity index (χ3n) is 4.60. The molecule has 0 spiro atoms. The second kappa shape index (κ2) is 8.40. The lowest BCUT2D eigenvalue weighted by atomic mass is 10.1. The highest BCUT2D eigenvalue weighted by Crippen LogP contribution is 2.22. The number of rotatable bonds is 5. The molecule has 5 nitrogen and oxygen atoms in total. The van der Waals surface area contributed by atoms with Crippen LogP contribution in [0.2, 0.25) is 5.02 Å². The molecule has 0 atom stereocenters. The van der Waals surface area contributed by atoms with Crippen molar-refractivity contribution in [3.05, 3.63) is 70.4 Å². The molecule has 0 fully saturated rings. The van der Waals surface area contributed by atoms with Gasteiger partial charge in [-0.05, 0) is 55.8 Å². The lowest BCUT2D eigenvalue weighted by Crippen LogP contribution is -2.27. The molecule has 144 valence electrons. The van der Waals surface area contributed by atoms with Gasteiger partial charge in [-0.25, -0.2) is 0 Å². The maximum Gasteiger partial charge on any atom is 0.257 e. The van der Waals surface area contributed by atoms with E-state index in [9.17, 15) is 9.59 Å². The predicted molar refractivity (Wildman–Crippen MR) is 113 cm³/mol. The van der Waals surface area contributed by atoms with Gasteiger partial charge in [-0.15, -0.1) is 0 Å². The van der Waals surface area contributed by atoms with E-state index in [4.69, 9.17) is 11.6 Å². The second-order valence-electron chi connectivity index (χ2n) is 6.65. The van der Waals surface area contributed by atoms with Crippen LogP contribution in [0.1, 0.15) is 35.5 Å². The van der Waals surface area contributed by atoms with Crippen LogP contribution in [0.15, 0.2) is 48.5 Å². The summed E-state index contributed by atoms with van der Waals surface area (Å²) in [7, 11) is 0. The smallest absolute Gasteiger partial charge is 0.257 e. The molecule has 28 heavy (non-hydrogen) atoms. The van der Waals surface area contributed by atoms with Gasteiger partial charge >= 0.3 is 0 Å². The first-order valence-corrected chi connectivity index (χ1v) is 9.48. The molecule has 0 radical (unpaired) electrons. The van der Waals surface area contributed by atoms with Crippen LogP contribution in [-0.4, -0.2) is 28.2 Å². The molecule has 0 bridgehead atoms. The largest absolute Gasteiger partial charge is 0.339 e. The number of anilines is 1. The van der Waals surface area contributed by atoms with Crippen molar-refractivity contribution in [1.29, 1.82) is 0 Å². The van der Waals surface area contributed by atoms with Gasteiger partial charge in [-0.2, -0.15) is 0 Å². The number of hydrogen-bond acceptors (Lipinski definition) is 3. The topological polar surface area (TPSA) is 62.3 Å². The number of hydrogen-bond donors (Lipinski definition) is 1. The number of aryl methyl sites for hydroxylation is 1. The van der Waals surface area contributed by atoms with Crippen molar-refractivity contribution in [1.82, 2.24) is 9.88 Å². The Morgan fingerprint density at radius 2 is 1.93 bits per heavy atom. The molecule has 3 rings (SSSR count). The minimum Gasteiger partial charge on any atom is -0.339 e. The Labute approximate surface area is 169 Å². The van der Waals surface area contributed by atoms with E-state index in [2.05, 4.69) is 10.3 Å². The molecule has 6 heteroatoms. The zero-order valence-corrected chi connectivity index (χ0v) is 16.9. The van der Waals surface area contributed by atoms with Gasteiger partial charge in [0.1, 0.15) is 0 Å². The second-order valence-corrected chi connectivity index (χ2v) is 7.08. The van der Waals surface area contributed by atoms with Crippen LogP contribution in [0.4, 0.5) is 5.69 Å². The standard InChI is InChI=1S/C22H22ClN3O2/c1-4-26(15(3)27)13-16-6-5-7-19(10-16)25-22(28)20-12-17-11-18(23)8-9-21(17)24-14(20)2/h5-12H,4,13H2,1-3H3,(H,25,28). The number of pyridine rings is 1. The SMILES string of the molecule is CCN(Cc1cccc(NC(=O)c2cc3cc(Cl)ccc3nc2C)c1)C(C)=O. The molecule has 3 aromatic rings. The van der Waals surface area contributed by atoms with E-state index in [0.717, 1.165) is 16.5 Å². The molecule has 0 aliphatic heterocycles. The van der Waals surface area contributed by atoms with Crippen LogP contribution in [0.5, 0.6) is 0 Å². The number of fused-ring (bicyclic) bond motifs is 1. The Kier molecular flexibility index (Phi) is 5.95. The summed E-state index contributed by atoms with van der Waals surface area (Å²) in [4.78, 5) is 30.7. The molecule has 0 aliphatic rings. The fourth-order valence-electron chi connectivity index (χ4n) is 3.09. The van der Waals surface area contributed by atoms with Crippen LogP contribution in [0.25, 0.3) is 10.9 Å². The molecule has 0 aliphatic carbocycles. The Bertz CT molecular complexity index is 1050. The molecular weight excluding hydrogens is 374 g/mol. The fourth-order valence-corrected chi connectivity index (χ4v) is 3.27. The monoisotopic (exact) mass is 395 g/mol. The van der Waals surface area contributed by atoms with Gasteiger partial charge < -0.3 is 10.2 Å². The summed E-state index contributed by atoms with van der Waals surface area (Å²) in [6.07, 6.45) is 0. The molecule has 2 amide bonds. The van der Waals surface area contributed by atoms with Gasteiger partial charge in [-0.3, -0.25) is 14.6 Å². The molecule has 2 aromatic carbocycles. The Morgan fingerprint density at radius 3 is 2.64 bits per heavy atom. The number of benzene rings is 2. The van der Waals surface area contributed by atoms with E-state index in [1.807, 2.05) is 44.2 Å². The highest BCUT2D eigenvalue weighted by atomic mass is 35.5. The number of nitrogens with one attached hydrogen (secondary N) is 1. The van der Waals surface area contributed by atoms with E-state index in [1.54, 1.807) is 30.0 Å². The van der Waals surface area contributed by atoms with Crippen LogP contribution in [0, 0.1) is 6.92 Å². The molecule has 0 saturated heterocycles. The average Bonchev–Trinajstić information content (AvgIpc) is 2.65. The molecule has 1 aromatic heterocycles. The van der Waals surface area contributed by atoms with Gasteiger partial charge in [0.15, 0.2) is 0 Å². The fraction of sp³-hybridized carbons (Fsp3) is 0.227. The lowest BCUT2D eigenvalue weighted by molar-refractivity contribution is -0.129. The average molecular weight is 396 g/mol. The maximum atomic E-state index is 12.8. The summed E-state index contributed by atoms with van der Waals surface area (Å²) in [6, 6.07) is 14.7. The summed E-state index contributed by atoms with van der Waals surface area (Å²) < 4.78 is 0. The van der Waals surface area contributed by atoms with Crippen molar-refractivity contribution < 1.29 is 9.59 Å². The first-order chi connectivity index (χ1) is 13.4. The highest BCUT2D eigenvalue weighted by Gasteiger charge is 2.13. The van der Waals surface area contributed by atoms with Crippen molar-refractivity contribution in [2.75, 3.05) is 11.9 Å². The summed E-state index contributed by atoms with van der Waals surface area (Å²) in [5, 5.41) is 4.34. The zero-order valence-electron chi connectivity index (χ0n) is 16.1. The van der Waals surface area contributed by atoms with E-state index in [0.29, 0.717) is 35.1 Å². The number of aromatic nitrogens is 1. The quantitative estimate of drug-likeness (QED) is 0.673. The van der Waals surface area contributed by atoms with Crippen molar-refractivity contribution in [2.45, 2.75) is 27.3 Å². The maximum absolute atomic E-state index is 12.8. The van der Waals surface area contributed by atoms with E-state index < -0.39 is 0 Å². The Morgan fingerprint density at radius 1 is 1.14 bits per heavy atom. The number of carbonyl (C=O) groups is 2. The minimum atomic E-state index is -0.233. The van der Waals surface area contributed by atoms with E-state index in [-0.39, 0.29) is 11.8 Å². The lowest BCUT2D eigenvalue weighted by Gasteiger charge is -2.19. The third kappa shape index (κ3) is 4.49. The Balaban J connectivity index is 1.83. The first-order valence-electron chi connectivity index (χ1n) is 9.10. The van der Waals surface area contributed by atoms with Crippen LogP contribution >= 0.6 is 11.6 Å². The van der Waals surface area contributed by atoms with Crippen molar-refractivity contribution in [2.24, 2.45) is 0 Å². The summed E-state index contributed by atoms with van der Waals surface area (Å²) in [6.45, 7) is 6.44. The Hall–Kier alpha value is -2.92. The molecule has 0 saturated carbocycles. The molecule has 1 heterocycles. The summed E-state index contributed by atoms with van der Waals surface area (Å²) in [5.41, 5.74) is 3.57. The number of amides is 2. The summed E-state index contributed by atoms with van der Waals surface area (Å²) >= 11 is 6.06. The highest BCUT2D eigenvalue weighted by molar-refractivity contribution is 6.31. The molecule has 1 N–H and O–H groups in total. The van der Waals surface area contributed by atoms with Gasteiger partial charge in [0.2, 0.25) is 5.91 Å². The third-order valence-corrected chi connectivity index (χ3v) is 4.83. The zero-order chi connectivity index (χ0) is 20.3. The number of nitrogens with zero attached hydrogens (tertiary/aromatic N) is 2. The predicted octanol–water partition coefficient (Wildman–Crippen LogP) is 4.82. The molecule has 0 unspecified atom stereocenters. The van der Waals surface area contributed by atoms with Crippen LogP contribution in [-0.2, 0) is 11.3 Å². The minimum absolute atomic E-state index is 0.0217. The normalized spacial score (nSPS) is 10.7. The van der Waals surface area contributed by atoms with Crippen LogP contribution < -0.4 is 5.32 Å². The summed E-state index contributed by atoms with van der Waals surface area (Å²) in [5.74, 6) is -0.212. The van der Waals surface area contributed by atoms with Crippen molar-refractivity contribution in [3.8, 4) is 0 Å². The van der Waals surface area contributed by atoms with Gasteiger partial charge in [0.25, 0.3) is 5.91 Å². The van der Waals surface area contributed by atoms with Crippen LogP contribution in [0.3, 0.4) is 0 Å². The molecular formula is C22H22ClN3O2. The first kappa shape index (κ1) is 19.8. The number of carbonyl (C=O) groups excluding carboxylic acids is 2. The van der Waals surface area contributed by atoms with E-state index in [1.165, 1.54) is 0 Å². The van der Waals surface area contributed by atoms with E-state index >= 15 is 0 Å². The van der Waals surface area contributed by atoms with Gasteiger partial charge in [-0.1, -0.05) is 23.7 Å². The van der Waals surface area contributed by atoms with Crippen molar-refractivity contribution >= 4 is 40.0 Å².